The van der Waals surface area contributed by atoms with Crippen molar-refractivity contribution in [2.45, 2.75) is 64.7 Å². The Morgan fingerprint density at radius 1 is 0.875 bits per heavy atom. The van der Waals surface area contributed by atoms with Crippen molar-refractivity contribution >= 4 is 0 Å². The lowest BCUT2D eigenvalue weighted by molar-refractivity contribution is 0.285. The molecule has 0 radical (unpaired) electrons. The first-order valence-corrected chi connectivity index (χ1v) is 6.63. The van der Waals surface area contributed by atoms with Crippen LogP contribution in [-0.4, -0.2) is 11.7 Å². The molecule has 0 saturated carbocycles. The molecule has 0 fully saturated rings. The van der Waals surface area contributed by atoms with Gasteiger partial charge >= 0.3 is 0 Å². The summed E-state index contributed by atoms with van der Waals surface area (Å²) in [5.74, 6) is 6.33. The van der Waals surface area contributed by atoms with Gasteiger partial charge in [0.15, 0.2) is 0 Å². The second-order valence-electron chi connectivity index (χ2n) is 4.04. The first kappa shape index (κ1) is 15.3. The summed E-state index contributed by atoms with van der Waals surface area (Å²) in [4.78, 5) is 0. The van der Waals surface area contributed by atoms with E-state index in [9.17, 15) is 0 Å². The van der Waals surface area contributed by atoms with E-state index in [0.717, 1.165) is 32.1 Å². The standard InChI is InChI=1S/C15H26O/c1-2-3-4-5-6-7-8-9-10-11-12-13-14-15-16/h5-6,16H,2-4,7-9,12-15H2,1H3. The van der Waals surface area contributed by atoms with E-state index in [4.69, 9.17) is 5.11 Å². The molecule has 0 aromatic rings. The molecule has 0 bridgehead atoms. The van der Waals surface area contributed by atoms with Crippen LogP contribution in [0.5, 0.6) is 0 Å². The minimum atomic E-state index is 0.296. The Morgan fingerprint density at radius 2 is 1.50 bits per heavy atom. The summed E-state index contributed by atoms with van der Waals surface area (Å²) in [6.45, 7) is 2.52. The maximum atomic E-state index is 8.57. The number of aliphatic hydroxyl groups is 1. The largest absolute Gasteiger partial charge is 0.396 e. The Balaban J connectivity index is 3.16. The van der Waals surface area contributed by atoms with E-state index < -0.39 is 0 Å². The quantitative estimate of drug-likeness (QED) is 0.354. The van der Waals surface area contributed by atoms with E-state index in [0.29, 0.717) is 6.61 Å². The van der Waals surface area contributed by atoms with E-state index in [1.54, 1.807) is 0 Å². The topological polar surface area (TPSA) is 20.2 Å². The molecular formula is C15H26O. The Bertz CT molecular complexity index is 207. The second kappa shape index (κ2) is 14.3. The molecule has 0 aliphatic heterocycles. The molecule has 0 unspecified atom stereocenters. The van der Waals surface area contributed by atoms with Gasteiger partial charge in [-0.2, -0.15) is 0 Å². The molecule has 0 amide bonds. The van der Waals surface area contributed by atoms with E-state index in [2.05, 4.69) is 30.9 Å². The number of aliphatic hydroxyl groups excluding tert-OH is 1. The lowest BCUT2D eigenvalue weighted by atomic mass is 10.2. The van der Waals surface area contributed by atoms with Gasteiger partial charge in [0.25, 0.3) is 0 Å². The number of allylic oxidation sites excluding steroid dienone is 2. The number of rotatable bonds is 9. The molecule has 0 rings (SSSR count). The van der Waals surface area contributed by atoms with Gasteiger partial charge in [-0.15, -0.1) is 11.8 Å². The van der Waals surface area contributed by atoms with Gasteiger partial charge in [0.05, 0.1) is 0 Å². The Labute approximate surface area is 101 Å². The van der Waals surface area contributed by atoms with E-state index in [1.165, 1.54) is 25.7 Å². The van der Waals surface area contributed by atoms with Crippen molar-refractivity contribution in [2.24, 2.45) is 0 Å². The monoisotopic (exact) mass is 222 g/mol. The van der Waals surface area contributed by atoms with Crippen molar-refractivity contribution in [3.63, 3.8) is 0 Å². The molecule has 0 heterocycles. The minimum absolute atomic E-state index is 0.296. The highest BCUT2D eigenvalue weighted by Crippen LogP contribution is 2.00. The second-order valence-corrected chi connectivity index (χ2v) is 4.04. The fraction of sp³-hybridized carbons (Fsp3) is 0.733. The smallest absolute Gasteiger partial charge is 0.0431 e. The molecule has 0 aliphatic carbocycles. The lowest BCUT2D eigenvalue weighted by Gasteiger charge is -1.90. The molecule has 0 aromatic carbocycles. The zero-order valence-corrected chi connectivity index (χ0v) is 10.7. The summed E-state index contributed by atoms with van der Waals surface area (Å²) in [5.41, 5.74) is 0. The first-order valence-electron chi connectivity index (χ1n) is 6.63. The van der Waals surface area contributed by atoms with Crippen LogP contribution >= 0.6 is 0 Å². The van der Waals surface area contributed by atoms with Crippen LogP contribution in [0.1, 0.15) is 64.7 Å². The third-order valence-corrected chi connectivity index (χ3v) is 2.40. The van der Waals surface area contributed by atoms with Gasteiger partial charge in [-0.05, 0) is 32.1 Å². The molecular weight excluding hydrogens is 196 g/mol. The molecule has 0 aromatic heterocycles. The molecule has 16 heavy (non-hydrogen) atoms. The van der Waals surface area contributed by atoms with E-state index in [-0.39, 0.29) is 0 Å². The van der Waals surface area contributed by atoms with Gasteiger partial charge in [0.1, 0.15) is 0 Å². The van der Waals surface area contributed by atoms with Crippen LogP contribution in [-0.2, 0) is 0 Å². The van der Waals surface area contributed by atoms with E-state index in [1.807, 2.05) is 0 Å². The molecule has 1 nitrogen and oxygen atoms in total. The Hall–Kier alpha value is -0.740. The zero-order valence-electron chi connectivity index (χ0n) is 10.7. The summed E-state index contributed by atoms with van der Waals surface area (Å²) in [5, 5.41) is 8.57. The highest BCUT2D eigenvalue weighted by molar-refractivity contribution is 4.99. The van der Waals surface area contributed by atoms with Crippen LogP contribution in [0.4, 0.5) is 0 Å². The van der Waals surface area contributed by atoms with Crippen molar-refractivity contribution in [3.05, 3.63) is 12.2 Å². The van der Waals surface area contributed by atoms with Gasteiger partial charge in [0.2, 0.25) is 0 Å². The van der Waals surface area contributed by atoms with Crippen LogP contribution in [0.15, 0.2) is 12.2 Å². The summed E-state index contributed by atoms with van der Waals surface area (Å²) >= 11 is 0. The normalized spacial score (nSPS) is 10.4. The van der Waals surface area contributed by atoms with Crippen molar-refractivity contribution in [1.82, 2.24) is 0 Å². The molecule has 0 atom stereocenters. The maximum absolute atomic E-state index is 8.57. The third-order valence-electron chi connectivity index (χ3n) is 2.40. The van der Waals surface area contributed by atoms with Gasteiger partial charge in [-0.1, -0.05) is 31.9 Å². The molecule has 92 valence electrons. The van der Waals surface area contributed by atoms with Crippen molar-refractivity contribution in [1.29, 1.82) is 0 Å². The van der Waals surface area contributed by atoms with Gasteiger partial charge in [-0.3, -0.25) is 0 Å². The fourth-order valence-electron chi connectivity index (χ4n) is 1.37. The van der Waals surface area contributed by atoms with Gasteiger partial charge in [-0.25, -0.2) is 0 Å². The number of unbranched alkanes of at least 4 members (excludes halogenated alkanes) is 6. The molecule has 0 aliphatic rings. The van der Waals surface area contributed by atoms with Crippen LogP contribution in [0.3, 0.4) is 0 Å². The summed E-state index contributed by atoms with van der Waals surface area (Å²) in [6.07, 6.45) is 14.6. The minimum Gasteiger partial charge on any atom is -0.396 e. The molecule has 0 spiro atoms. The third kappa shape index (κ3) is 13.3. The zero-order chi connectivity index (χ0) is 11.9. The van der Waals surface area contributed by atoms with Crippen molar-refractivity contribution in [2.75, 3.05) is 6.61 Å². The number of hydrogen-bond acceptors (Lipinski definition) is 1. The highest BCUT2D eigenvalue weighted by Gasteiger charge is 1.83. The predicted octanol–water partition coefficient (Wildman–Crippen LogP) is 4.07. The molecule has 0 saturated heterocycles. The van der Waals surface area contributed by atoms with Crippen LogP contribution < -0.4 is 0 Å². The van der Waals surface area contributed by atoms with Crippen LogP contribution in [0.25, 0.3) is 0 Å². The van der Waals surface area contributed by atoms with Crippen LogP contribution in [0, 0.1) is 11.8 Å². The average molecular weight is 222 g/mol. The van der Waals surface area contributed by atoms with Crippen molar-refractivity contribution in [3.8, 4) is 11.8 Å². The predicted molar refractivity (Wildman–Crippen MR) is 71.2 cm³/mol. The maximum Gasteiger partial charge on any atom is 0.0431 e. The Morgan fingerprint density at radius 3 is 2.12 bits per heavy atom. The SMILES string of the molecule is CCCCC=CCCCC#CCCCCO. The molecule has 1 N–H and O–H groups in total. The Kier molecular flexibility index (Phi) is 13.6. The lowest BCUT2D eigenvalue weighted by Crippen LogP contribution is -1.80. The average Bonchev–Trinajstić information content (AvgIpc) is 2.31. The van der Waals surface area contributed by atoms with Crippen molar-refractivity contribution < 1.29 is 5.11 Å². The highest BCUT2D eigenvalue weighted by atomic mass is 16.2. The summed E-state index contributed by atoms with van der Waals surface area (Å²) in [6, 6.07) is 0. The van der Waals surface area contributed by atoms with Crippen LogP contribution in [0.2, 0.25) is 0 Å². The fourth-order valence-corrected chi connectivity index (χ4v) is 1.37. The summed E-state index contributed by atoms with van der Waals surface area (Å²) in [7, 11) is 0. The summed E-state index contributed by atoms with van der Waals surface area (Å²) < 4.78 is 0. The first-order chi connectivity index (χ1) is 7.91. The van der Waals surface area contributed by atoms with E-state index >= 15 is 0 Å². The number of hydrogen-bond donors (Lipinski definition) is 1. The van der Waals surface area contributed by atoms with Gasteiger partial charge in [0, 0.05) is 19.4 Å². The molecule has 1 heteroatoms. The van der Waals surface area contributed by atoms with Gasteiger partial charge < -0.3 is 5.11 Å².